The molecular formula is C32H40Cl2N2O3. The highest BCUT2D eigenvalue weighted by Crippen LogP contribution is 2.47. The summed E-state index contributed by atoms with van der Waals surface area (Å²) in [5.41, 5.74) is 2.89. The lowest BCUT2D eigenvalue weighted by atomic mass is 9.72. The minimum absolute atomic E-state index is 0.126. The van der Waals surface area contributed by atoms with Crippen LogP contribution in [-0.2, 0) is 27.0 Å². The van der Waals surface area contributed by atoms with Crippen LogP contribution in [0.15, 0.2) is 42.5 Å². The van der Waals surface area contributed by atoms with Crippen molar-refractivity contribution in [2.75, 3.05) is 39.3 Å². The zero-order valence-electron chi connectivity index (χ0n) is 22.7. The summed E-state index contributed by atoms with van der Waals surface area (Å²) in [7, 11) is 0. The first-order chi connectivity index (χ1) is 18.9. The summed E-state index contributed by atoms with van der Waals surface area (Å²) in [5, 5.41) is 12.1. The third-order valence-corrected chi connectivity index (χ3v) is 10.8. The van der Waals surface area contributed by atoms with Gasteiger partial charge in [-0.1, -0.05) is 72.8 Å². The summed E-state index contributed by atoms with van der Waals surface area (Å²) >= 11 is 12.8. The second-order valence-corrected chi connectivity index (χ2v) is 13.0. The molecule has 2 heterocycles. The van der Waals surface area contributed by atoms with Crippen molar-refractivity contribution in [1.82, 2.24) is 9.80 Å². The molecule has 210 valence electrons. The van der Waals surface area contributed by atoms with E-state index >= 15 is 0 Å². The van der Waals surface area contributed by atoms with Crippen LogP contribution in [0.3, 0.4) is 0 Å². The van der Waals surface area contributed by atoms with Crippen LogP contribution in [0.5, 0.6) is 0 Å². The highest BCUT2D eigenvalue weighted by atomic mass is 35.5. The topological polar surface area (TPSA) is 53.0 Å². The number of aliphatic hydroxyl groups excluding tert-OH is 1. The Balaban J connectivity index is 1.18. The molecule has 2 aromatic carbocycles. The lowest BCUT2D eigenvalue weighted by Crippen LogP contribution is -2.55. The first-order valence-electron chi connectivity index (χ1n) is 14.8. The lowest BCUT2D eigenvalue weighted by Gasteiger charge is -2.46. The van der Waals surface area contributed by atoms with E-state index < -0.39 is 5.60 Å². The van der Waals surface area contributed by atoms with Gasteiger partial charge in [0.25, 0.3) is 0 Å². The predicted octanol–water partition coefficient (Wildman–Crippen LogP) is 5.97. The molecule has 2 aliphatic heterocycles. The molecule has 0 aromatic heterocycles. The quantitative estimate of drug-likeness (QED) is 0.481. The number of nitrogens with zero attached hydrogens (tertiary/aromatic N) is 2. The first-order valence-corrected chi connectivity index (χ1v) is 15.5. The van der Waals surface area contributed by atoms with Gasteiger partial charge in [0.2, 0.25) is 5.91 Å². The molecule has 2 aromatic rings. The second kappa shape index (κ2) is 11.3. The Bertz CT molecular complexity index is 1190. The number of amides is 1. The Morgan fingerprint density at radius 1 is 1.00 bits per heavy atom. The summed E-state index contributed by atoms with van der Waals surface area (Å²) in [6.07, 6.45) is 8.67. The summed E-state index contributed by atoms with van der Waals surface area (Å²) in [6, 6.07) is 14.3. The molecule has 6 rings (SSSR count). The SMILES string of the molecule is O=C(C1CCCCC1)N1CCO[C@](CCN2CCC3(CC2)c2ccccc2CC3O)(c2ccc(Cl)c(Cl)c2)C1. The monoisotopic (exact) mass is 570 g/mol. The Morgan fingerprint density at radius 2 is 1.77 bits per heavy atom. The highest BCUT2D eigenvalue weighted by molar-refractivity contribution is 6.42. The number of fused-ring (bicyclic) bond motifs is 2. The van der Waals surface area contributed by atoms with Crippen molar-refractivity contribution in [2.45, 2.75) is 74.9 Å². The fourth-order valence-corrected chi connectivity index (χ4v) is 8.01. The first kappa shape index (κ1) is 27.5. The third kappa shape index (κ3) is 5.26. The molecule has 1 unspecified atom stereocenters. The standard InChI is InChI=1S/C32H40Cl2N2O3/c33-27-11-10-25(21-28(27)34)32(22-36(18-19-39-32)30(38)23-6-2-1-3-7-23)14-17-35-15-12-31(13-16-35)26-9-5-4-8-24(26)20-29(31)37/h4-5,8-11,21,23,29,37H,1-3,6-7,12-20,22H2/t29?,32-/m0/s1. The molecular weight excluding hydrogens is 531 g/mol. The maximum atomic E-state index is 13.6. The molecule has 1 spiro atoms. The number of halogens is 2. The van der Waals surface area contributed by atoms with E-state index in [1.165, 1.54) is 17.5 Å². The van der Waals surface area contributed by atoms with E-state index in [1.807, 2.05) is 18.2 Å². The lowest BCUT2D eigenvalue weighted by molar-refractivity contribution is -0.159. The number of hydrogen-bond acceptors (Lipinski definition) is 4. The molecule has 39 heavy (non-hydrogen) atoms. The van der Waals surface area contributed by atoms with Crippen molar-refractivity contribution in [3.63, 3.8) is 0 Å². The van der Waals surface area contributed by atoms with E-state index in [0.29, 0.717) is 29.7 Å². The van der Waals surface area contributed by atoms with Crippen LogP contribution in [0.4, 0.5) is 0 Å². The van der Waals surface area contributed by atoms with E-state index in [9.17, 15) is 9.90 Å². The summed E-state index contributed by atoms with van der Waals surface area (Å²) in [6.45, 7) is 4.44. The van der Waals surface area contributed by atoms with E-state index in [2.05, 4.69) is 34.1 Å². The molecule has 2 aliphatic carbocycles. The molecule has 4 aliphatic rings. The van der Waals surface area contributed by atoms with Crippen LogP contribution in [0.25, 0.3) is 0 Å². The van der Waals surface area contributed by atoms with Crippen molar-refractivity contribution in [3.8, 4) is 0 Å². The van der Waals surface area contributed by atoms with Gasteiger partial charge in [0.1, 0.15) is 5.60 Å². The summed E-state index contributed by atoms with van der Waals surface area (Å²) in [5.74, 6) is 0.429. The van der Waals surface area contributed by atoms with Gasteiger partial charge >= 0.3 is 0 Å². The molecule has 0 radical (unpaired) electrons. The van der Waals surface area contributed by atoms with Crippen LogP contribution in [0, 0.1) is 5.92 Å². The van der Waals surface area contributed by atoms with Crippen LogP contribution in [0.2, 0.25) is 10.0 Å². The highest BCUT2D eigenvalue weighted by Gasteiger charge is 2.48. The number of carbonyl (C=O) groups excluding carboxylic acids is 1. The summed E-state index contributed by atoms with van der Waals surface area (Å²) in [4.78, 5) is 18.1. The second-order valence-electron chi connectivity index (χ2n) is 12.2. The number of piperidine rings is 1. The Kier molecular flexibility index (Phi) is 8.00. The van der Waals surface area contributed by atoms with Gasteiger partial charge in [-0.15, -0.1) is 0 Å². The maximum Gasteiger partial charge on any atom is 0.225 e. The van der Waals surface area contributed by atoms with E-state index in [-0.39, 0.29) is 23.3 Å². The van der Waals surface area contributed by atoms with E-state index in [4.69, 9.17) is 27.9 Å². The van der Waals surface area contributed by atoms with E-state index in [0.717, 1.165) is 76.6 Å². The molecule has 1 N–H and O–H groups in total. The molecule has 3 fully saturated rings. The number of rotatable bonds is 5. The number of ether oxygens (including phenoxy) is 1. The van der Waals surface area contributed by atoms with Crippen LogP contribution >= 0.6 is 23.2 Å². The van der Waals surface area contributed by atoms with Gasteiger partial charge in [0, 0.05) is 24.4 Å². The van der Waals surface area contributed by atoms with Crippen molar-refractivity contribution in [1.29, 1.82) is 0 Å². The molecule has 0 bridgehead atoms. The van der Waals surface area contributed by atoms with Crippen molar-refractivity contribution in [2.24, 2.45) is 5.92 Å². The van der Waals surface area contributed by atoms with Gasteiger partial charge < -0.3 is 19.6 Å². The zero-order valence-corrected chi connectivity index (χ0v) is 24.2. The Labute approximate surface area is 242 Å². The molecule has 2 atom stereocenters. The Hall–Kier alpha value is -1.63. The summed E-state index contributed by atoms with van der Waals surface area (Å²) < 4.78 is 6.60. The number of aliphatic hydroxyl groups is 1. The van der Waals surface area contributed by atoms with Crippen molar-refractivity contribution < 1.29 is 14.6 Å². The van der Waals surface area contributed by atoms with E-state index in [1.54, 1.807) is 0 Å². The number of morpholine rings is 1. The minimum Gasteiger partial charge on any atom is -0.392 e. The third-order valence-electron chi connectivity index (χ3n) is 10.1. The molecule has 2 saturated heterocycles. The molecule has 1 amide bonds. The van der Waals surface area contributed by atoms with Gasteiger partial charge in [-0.3, -0.25) is 4.79 Å². The van der Waals surface area contributed by atoms with Gasteiger partial charge in [-0.2, -0.15) is 0 Å². The molecule has 5 nitrogen and oxygen atoms in total. The van der Waals surface area contributed by atoms with Crippen LogP contribution in [0.1, 0.15) is 68.1 Å². The number of carbonyl (C=O) groups is 1. The van der Waals surface area contributed by atoms with Crippen molar-refractivity contribution >= 4 is 29.1 Å². The molecule has 1 saturated carbocycles. The minimum atomic E-state index is -0.620. The number of likely N-dealkylation sites (tertiary alicyclic amines) is 1. The van der Waals surface area contributed by atoms with Gasteiger partial charge in [-0.25, -0.2) is 0 Å². The van der Waals surface area contributed by atoms with Crippen molar-refractivity contribution in [3.05, 3.63) is 69.2 Å². The normalized spacial score (nSPS) is 27.6. The molecule has 7 heteroatoms. The van der Waals surface area contributed by atoms with Gasteiger partial charge in [0.05, 0.1) is 29.3 Å². The predicted molar refractivity (Wildman–Crippen MR) is 155 cm³/mol. The largest absolute Gasteiger partial charge is 0.392 e. The fraction of sp³-hybridized carbons (Fsp3) is 0.594. The number of benzene rings is 2. The van der Waals surface area contributed by atoms with Crippen LogP contribution < -0.4 is 0 Å². The average molecular weight is 572 g/mol. The number of hydrogen-bond donors (Lipinski definition) is 1. The fourth-order valence-electron chi connectivity index (χ4n) is 7.71. The smallest absolute Gasteiger partial charge is 0.225 e. The Morgan fingerprint density at radius 3 is 2.54 bits per heavy atom. The maximum absolute atomic E-state index is 13.6. The van der Waals surface area contributed by atoms with Crippen LogP contribution in [-0.4, -0.2) is 66.2 Å². The zero-order chi connectivity index (χ0) is 27.0. The average Bonchev–Trinajstić information content (AvgIpc) is 3.24. The van der Waals surface area contributed by atoms with Gasteiger partial charge in [0.15, 0.2) is 0 Å². The van der Waals surface area contributed by atoms with Gasteiger partial charge in [-0.05, 0) is 80.4 Å².